The molecule has 0 bridgehead atoms. The zero-order valence-corrected chi connectivity index (χ0v) is 39.9. The fourth-order valence-electron chi connectivity index (χ4n) is 7.31. The van der Waals surface area contributed by atoms with E-state index in [-0.39, 0.29) is 19.4 Å². The Hall–Kier alpha value is -2.80. The zero-order valence-electron chi connectivity index (χ0n) is 39.9. The van der Waals surface area contributed by atoms with Crippen LogP contribution in [0.3, 0.4) is 0 Å². The summed E-state index contributed by atoms with van der Waals surface area (Å²) >= 11 is 0. The Morgan fingerprint density at radius 2 is 0.909 bits per heavy atom. The Morgan fingerprint density at radius 3 is 1.45 bits per heavy atom. The first kappa shape index (κ1) is 59.3. The average Bonchev–Trinajstić information content (AvgIpc) is 3.31. The van der Waals surface area contributed by atoms with Gasteiger partial charge in [-0.1, -0.05) is 120 Å². The van der Waals surface area contributed by atoms with Crippen molar-refractivity contribution in [2.75, 3.05) is 26.4 Å². The van der Waals surface area contributed by atoms with Crippen molar-refractivity contribution in [1.82, 2.24) is 0 Å². The topological polar surface area (TPSA) is 231 Å². The van der Waals surface area contributed by atoms with E-state index in [9.17, 15) is 45.3 Å². The van der Waals surface area contributed by atoms with Crippen molar-refractivity contribution < 1.29 is 73.8 Å². The van der Waals surface area contributed by atoms with Gasteiger partial charge in [0.2, 0.25) is 0 Å². The van der Waals surface area contributed by atoms with E-state index in [0.717, 1.165) is 77.0 Å². The molecule has 0 aromatic carbocycles. The number of aliphatic hydroxyl groups is 7. The Bertz CT molecular complexity index is 1380. The van der Waals surface area contributed by atoms with Gasteiger partial charge in [-0.25, -0.2) is 0 Å². The van der Waals surface area contributed by atoms with E-state index in [1.54, 1.807) is 0 Å². The van der Waals surface area contributed by atoms with Gasteiger partial charge in [0, 0.05) is 12.8 Å². The monoisotopic (exact) mass is 939 g/mol. The largest absolute Gasteiger partial charge is 0.462 e. The van der Waals surface area contributed by atoms with Crippen LogP contribution in [0.1, 0.15) is 155 Å². The van der Waals surface area contributed by atoms with Crippen LogP contribution in [0.4, 0.5) is 0 Å². The van der Waals surface area contributed by atoms with Crippen molar-refractivity contribution >= 4 is 11.9 Å². The number of aliphatic hydroxyl groups excluding tert-OH is 7. The Balaban J connectivity index is 1.86. The van der Waals surface area contributed by atoms with Crippen LogP contribution in [-0.4, -0.2) is 142 Å². The van der Waals surface area contributed by atoms with E-state index < -0.39 is 99.3 Å². The third-order valence-electron chi connectivity index (χ3n) is 11.5. The number of hydrogen-bond donors (Lipinski definition) is 7. The lowest BCUT2D eigenvalue weighted by Crippen LogP contribution is -2.61. The first-order valence-corrected chi connectivity index (χ1v) is 24.9. The average molecular weight is 939 g/mol. The van der Waals surface area contributed by atoms with Gasteiger partial charge >= 0.3 is 11.9 Å². The van der Waals surface area contributed by atoms with Crippen molar-refractivity contribution in [2.45, 2.75) is 223 Å². The van der Waals surface area contributed by atoms with Gasteiger partial charge in [-0.15, -0.1) is 0 Å². The minimum atomic E-state index is -1.78. The first-order valence-electron chi connectivity index (χ1n) is 24.9. The van der Waals surface area contributed by atoms with E-state index in [1.165, 1.54) is 38.5 Å². The molecule has 0 aliphatic carbocycles. The number of carbonyl (C=O) groups excluding carboxylic acids is 2. The van der Waals surface area contributed by atoms with Gasteiger partial charge in [-0.2, -0.15) is 0 Å². The molecule has 15 nitrogen and oxygen atoms in total. The molecule has 2 heterocycles. The highest BCUT2D eigenvalue weighted by Crippen LogP contribution is 2.26. The summed E-state index contributed by atoms with van der Waals surface area (Å²) in [5, 5.41) is 72.0. The Kier molecular flexibility index (Phi) is 34.2. The highest BCUT2D eigenvalue weighted by atomic mass is 16.7. The Morgan fingerprint density at radius 1 is 0.485 bits per heavy atom. The summed E-state index contributed by atoms with van der Waals surface area (Å²) in [6.45, 7) is 2.46. The van der Waals surface area contributed by atoms with Gasteiger partial charge in [0.1, 0.15) is 55.4 Å². The van der Waals surface area contributed by atoms with Crippen molar-refractivity contribution in [1.29, 1.82) is 0 Å². The number of hydrogen-bond acceptors (Lipinski definition) is 15. The van der Waals surface area contributed by atoms with E-state index in [0.29, 0.717) is 12.8 Å². The molecule has 2 rings (SSSR count). The molecule has 2 aliphatic rings. The van der Waals surface area contributed by atoms with Crippen LogP contribution >= 0.6 is 0 Å². The van der Waals surface area contributed by atoms with Crippen LogP contribution < -0.4 is 0 Å². The second-order valence-corrected chi connectivity index (χ2v) is 17.3. The lowest BCUT2D eigenvalue weighted by molar-refractivity contribution is -0.332. The van der Waals surface area contributed by atoms with Crippen molar-refractivity contribution in [2.24, 2.45) is 0 Å². The summed E-state index contributed by atoms with van der Waals surface area (Å²) in [7, 11) is 0. The predicted octanol–water partition coefficient (Wildman–Crippen LogP) is 6.49. The molecule has 0 aromatic heterocycles. The summed E-state index contributed by atoms with van der Waals surface area (Å²) in [5.74, 6) is -0.991. The molecule has 0 spiro atoms. The van der Waals surface area contributed by atoms with Crippen molar-refractivity contribution in [3.8, 4) is 0 Å². The van der Waals surface area contributed by atoms with Gasteiger partial charge in [-0.3, -0.25) is 9.59 Å². The minimum absolute atomic E-state index is 0.111. The molecule has 0 saturated carbocycles. The van der Waals surface area contributed by atoms with Gasteiger partial charge < -0.3 is 64.2 Å². The molecule has 4 unspecified atom stereocenters. The summed E-state index contributed by atoms with van der Waals surface area (Å²) < 4.78 is 33.5. The van der Waals surface area contributed by atoms with Crippen molar-refractivity contribution in [3.05, 3.63) is 60.8 Å². The molecular formula is C51H86O15. The fraction of sp³-hybridized carbons (Fsp3) is 0.765. The van der Waals surface area contributed by atoms with Crippen LogP contribution in [0.25, 0.3) is 0 Å². The molecule has 0 amide bonds. The summed E-state index contributed by atoms with van der Waals surface area (Å²) in [6, 6.07) is 0. The third kappa shape index (κ3) is 26.1. The molecule has 0 radical (unpaired) electrons. The second kappa shape index (κ2) is 38.1. The van der Waals surface area contributed by atoms with Gasteiger partial charge in [0.25, 0.3) is 0 Å². The summed E-state index contributed by atoms with van der Waals surface area (Å²) in [6.07, 6.45) is 25.4. The molecule has 66 heavy (non-hydrogen) atoms. The van der Waals surface area contributed by atoms with Gasteiger partial charge in [0.15, 0.2) is 18.7 Å². The normalized spacial score (nSPS) is 26.7. The molecular weight excluding hydrogens is 853 g/mol. The number of allylic oxidation sites excluding steroid dienone is 10. The molecule has 11 atom stereocenters. The van der Waals surface area contributed by atoms with Crippen molar-refractivity contribution in [3.63, 3.8) is 0 Å². The number of ether oxygens (including phenoxy) is 6. The minimum Gasteiger partial charge on any atom is -0.462 e. The first-order chi connectivity index (χ1) is 32.0. The second-order valence-electron chi connectivity index (χ2n) is 17.3. The smallest absolute Gasteiger partial charge is 0.306 e. The maximum Gasteiger partial charge on any atom is 0.306 e. The third-order valence-corrected chi connectivity index (χ3v) is 11.5. The van der Waals surface area contributed by atoms with Crippen LogP contribution in [-0.2, 0) is 38.0 Å². The zero-order chi connectivity index (χ0) is 48.2. The lowest BCUT2D eigenvalue weighted by atomic mass is 9.98. The number of unbranched alkanes of at least 4 members (excludes halogenated alkanes) is 13. The van der Waals surface area contributed by atoms with Crippen LogP contribution in [0.5, 0.6) is 0 Å². The van der Waals surface area contributed by atoms with E-state index in [2.05, 4.69) is 74.6 Å². The van der Waals surface area contributed by atoms with Gasteiger partial charge in [0.05, 0.1) is 19.8 Å². The maximum atomic E-state index is 13.0. The highest BCUT2D eigenvalue weighted by molar-refractivity contribution is 5.70. The highest BCUT2D eigenvalue weighted by Gasteiger charge is 2.47. The fourth-order valence-corrected chi connectivity index (χ4v) is 7.31. The summed E-state index contributed by atoms with van der Waals surface area (Å²) in [5.41, 5.74) is 0. The van der Waals surface area contributed by atoms with Crippen LogP contribution in [0.15, 0.2) is 60.8 Å². The van der Waals surface area contributed by atoms with E-state index in [4.69, 9.17) is 28.4 Å². The Labute approximate surface area is 394 Å². The van der Waals surface area contributed by atoms with Crippen LogP contribution in [0, 0.1) is 0 Å². The molecule has 2 aliphatic heterocycles. The lowest BCUT2D eigenvalue weighted by Gasteiger charge is -2.42. The van der Waals surface area contributed by atoms with E-state index in [1.807, 2.05) is 0 Å². The van der Waals surface area contributed by atoms with Crippen LogP contribution in [0.2, 0.25) is 0 Å². The van der Waals surface area contributed by atoms with E-state index >= 15 is 0 Å². The number of esters is 2. The summed E-state index contributed by atoms with van der Waals surface area (Å²) in [4.78, 5) is 25.7. The standard InChI is InChI=1S/C51H86O15/c1-3-5-7-9-11-13-15-17-19-21-23-25-27-29-31-33-42(53)61-36-39(64-43(54)34-32-30-28-26-24-22-20-18-16-14-12-10-8-6-4-2)37-62-50-49(60)47(58)45(56)41(66-50)38-63-51-48(59)46(57)44(55)40(35-52)65-51/h11-14,17-20,24,26,39-41,44-52,55-60H,3-10,15-16,21-23,25,27-38H2,1-2H3/b13-11+,14-12+,19-17+,20-18+,26-24+/t39-,40-,41-,44+,45+,46?,47?,48?,49?,50-,51-/m1/s1. The van der Waals surface area contributed by atoms with Gasteiger partial charge in [-0.05, 0) is 83.5 Å². The molecule has 0 aromatic rings. The SMILES string of the molecule is CCCCC/C=C/C/C=C/C/C=C/CCCCC(=O)O[C@H](COC(=O)CCCCCCC/C=C/C/C=C/CCCCC)CO[C@@H]1O[C@H](CO[C@@H]2O[C@H](CO)[C@H](O)C(O)C2O)[C@H](O)C(O)C1O. The number of carbonyl (C=O) groups is 2. The molecule has 15 heteroatoms. The molecule has 7 N–H and O–H groups in total. The maximum absolute atomic E-state index is 13.0. The number of rotatable bonds is 37. The molecule has 2 saturated heterocycles. The molecule has 2 fully saturated rings. The predicted molar refractivity (Wildman–Crippen MR) is 252 cm³/mol. The molecule has 380 valence electrons. The quantitative estimate of drug-likeness (QED) is 0.0201.